The van der Waals surface area contributed by atoms with Gasteiger partial charge in [0.15, 0.2) is 0 Å². The van der Waals surface area contributed by atoms with Crippen molar-refractivity contribution < 1.29 is 0 Å². The minimum Gasteiger partial charge on any atom is -0.312 e. The zero-order valence-corrected chi connectivity index (χ0v) is 9.52. The lowest BCUT2D eigenvalue weighted by atomic mass is 9.94. The Morgan fingerprint density at radius 3 is 2.31 bits per heavy atom. The van der Waals surface area contributed by atoms with Crippen LogP contribution in [0.4, 0.5) is 0 Å². The summed E-state index contributed by atoms with van der Waals surface area (Å²) in [7, 11) is 0. The number of nitrogens with zero attached hydrogens (tertiary/aromatic N) is 1. The maximum Gasteiger partial charge on any atom is 0.0697 e. The third-order valence-corrected chi connectivity index (χ3v) is 2.67. The van der Waals surface area contributed by atoms with E-state index in [4.69, 9.17) is 5.26 Å². The van der Waals surface area contributed by atoms with Gasteiger partial charge in [-0.1, -0.05) is 20.3 Å². The molecule has 0 aromatic carbocycles. The van der Waals surface area contributed by atoms with Crippen LogP contribution in [0.1, 0.15) is 41.0 Å². The van der Waals surface area contributed by atoms with E-state index in [1.54, 1.807) is 0 Å². The van der Waals surface area contributed by atoms with Gasteiger partial charge in [-0.3, -0.25) is 0 Å². The highest BCUT2D eigenvalue weighted by Crippen LogP contribution is 2.13. The van der Waals surface area contributed by atoms with Crippen LogP contribution in [0.25, 0.3) is 0 Å². The first-order chi connectivity index (χ1) is 5.93. The van der Waals surface area contributed by atoms with Gasteiger partial charge < -0.3 is 5.32 Å². The summed E-state index contributed by atoms with van der Waals surface area (Å²) in [6, 6.07) is 2.79. The van der Waals surface area contributed by atoms with E-state index in [9.17, 15) is 0 Å². The first-order valence-corrected chi connectivity index (χ1v) is 5.07. The third-order valence-electron chi connectivity index (χ3n) is 2.67. The summed E-state index contributed by atoms with van der Waals surface area (Å²) in [4.78, 5) is 0. The summed E-state index contributed by atoms with van der Waals surface area (Å²) >= 11 is 0. The summed E-state index contributed by atoms with van der Waals surface area (Å²) in [5, 5.41) is 12.2. The standard InChI is InChI=1S/C11H22N2/c1-6-9(2)10(3)13-8-11(4,5)7-12/h9-10,13H,6,8H2,1-5H3. The van der Waals surface area contributed by atoms with Crippen LogP contribution >= 0.6 is 0 Å². The molecule has 2 nitrogen and oxygen atoms in total. The molecule has 2 atom stereocenters. The Morgan fingerprint density at radius 2 is 1.92 bits per heavy atom. The van der Waals surface area contributed by atoms with Gasteiger partial charge in [0.1, 0.15) is 0 Å². The molecule has 0 saturated heterocycles. The predicted octanol–water partition coefficient (Wildman–Crippen LogP) is 2.56. The molecule has 2 heteroatoms. The van der Waals surface area contributed by atoms with E-state index >= 15 is 0 Å². The molecule has 0 aliphatic heterocycles. The SMILES string of the molecule is CCC(C)C(C)NCC(C)(C)C#N. The highest BCUT2D eigenvalue weighted by molar-refractivity contribution is 4.93. The average molecular weight is 182 g/mol. The summed E-state index contributed by atoms with van der Waals surface area (Å²) in [5.74, 6) is 0.675. The second kappa shape index (κ2) is 5.24. The molecule has 0 heterocycles. The van der Waals surface area contributed by atoms with Gasteiger partial charge in [0.05, 0.1) is 11.5 Å². The average Bonchev–Trinajstić information content (AvgIpc) is 2.13. The van der Waals surface area contributed by atoms with E-state index in [0.29, 0.717) is 12.0 Å². The number of hydrogen-bond donors (Lipinski definition) is 1. The highest BCUT2D eigenvalue weighted by atomic mass is 14.9. The molecular weight excluding hydrogens is 160 g/mol. The first kappa shape index (κ1) is 12.4. The summed E-state index contributed by atoms with van der Waals surface area (Å²) in [6.07, 6.45) is 1.18. The summed E-state index contributed by atoms with van der Waals surface area (Å²) < 4.78 is 0. The molecule has 0 aliphatic carbocycles. The fourth-order valence-electron chi connectivity index (χ4n) is 1.01. The first-order valence-electron chi connectivity index (χ1n) is 5.07. The van der Waals surface area contributed by atoms with Crippen molar-refractivity contribution >= 4 is 0 Å². The monoisotopic (exact) mass is 182 g/mol. The molecule has 2 unspecified atom stereocenters. The minimum absolute atomic E-state index is 0.248. The van der Waals surface area contributed by atoms with Crippen LogP contribution in [0.5, 0.6) is 0 Å². The molecular formula is C11H22N2. The van der Waals surface area contributed by atoms with Gasteiger partial charge in [-0.05, 0) is 26.7 Å². The molecule has 0 bridgehead atoms. The highest BCUT2D eigenvalue weighted by Gasteiger charge is 2.18. The van der Waals surface area contributed by atoms with E-state index in [2.05, 4.69) is 32.2 Å². The summed E-state index contributed by atoms with van der Waals surface area (Å²) in [6.45, 7) is 11.3. The van der Waals surface area contributed by atoms with Crippen molar-refractivity contribution in [3.05, 3.63) is 0 Å². The molecule has 76 valence electrons. The zero-order valence-electron chi connectivity index (χ0n) is 9.52. The molecule has 0 amide bonds. The van der Waals surface area contributed by atoms with Crippen molar-refractivity contribution in [1.82, 2.24) is 5.32 Å². The summed E-state index contributed by atoms with van der Waals surface area (Å²) in [5.41, 5.74) is -0.248. The Balaban J connectivity index is 3.84. The molecule has 0 aromatic heterocycles. The van der Waals surface area contributed by atoms with Gasteiger partial charge in [-0.25, -0.2) is 0 Å². The zero-order chi connectivity index (χ0) is 10.5. The molecule has 0 radical (unpaired) electrons. The second-order valence-electron chi connectivity index (χ2n) is 4.55. The van der Waals surface area contributed by atoms with Gasteiger partial charge in [-0.2, -0.15) is 5.26 Å². The smallest absolute Gasteiger partial charge is 0.0697 e. The number of rotatable bonds is 5. The minimum atomic E-state index is -0.248. The van der Waals surface area contributed by atoms with Crippen LogP contribution in [-0.2, 0) is 0 Å². The van der Waals surface area contributed by atoms with Gasteiger partial charge in [-0.15, -0.1) is 0 Å². The Labute approximate surface area is 82.3 Å². The van der Waals surface area contributed by atoms with Crippen molar-refractivity contribution in [2.75, 3.05) is 6.54 Å². The fraction of sp³-hybridized carbons (Fsp3) is 0.909. The Morgan fingerprint density at radius 1 is 1.38 bits per heavy atom. The second-order valence-corrected chi connectivity index (χ2v) is 4.55. The molecule has 1 N–H and O–H groups in total. The maximum absolute atomic E-state index is 8.81. The third kappa shape index (κ3) is 4.90. The molecule has 0 spiro atoms. The molecule has 13 heavy (non-hydrogen) atoms. The van der Waals surface area contributed by atoms with E-state index in [1.807, 2.05) is 13.8 Å². The Hall–Kier alpha value is -0.550. The largest absolute Gasteiger partial charge is 0.312 e. The number of nitriles is 1. The molecule has 0 aliphatic rings. The van der Waals surface area contributed by atoms with Crippen LogP contribution in [0.2, 0.25) is 0 Å². The van der Waals surface area contributed by atoms with Gasteiger partial charge in [0.25, 0.3) is 0 Å². The van der Waals surface area contributed by atoms with Crippen molar-refractivity contribution in [2.45, 2.75) is 47.1 Å². The molecule has 0 rings (SSSR count). The van der Waals surface area contributed by atoms with Crippen LogP contribution in [0.15, 0.2) is 0 Å². The molecule has 0 fully saturated rings. The van der Waals surface area contributed by atoms with Gasteiger partial charge in [0, 0.05) is 12.6 Å². The fourth-order valence-corrected chi connectivity index (χ4v) is 1.01. The van der Waals surface area contributed by atoms with Crippen molar-refractivity contribution in [2.24, 2.45) is 11.3 Å². The lowest BCUT2D eigenvalue weighted by Gasteiger charge is -2.24. The molecule has 0 saturated carbocycles. The lowest BCUT2D eigenvalue weighted by molar-refractivity contribution is 0.342. The van der Waals surface area contributed by atoms with Crippen LogP contribution < -0.4 is 5.32 Å². The van der Waals surface area contributed by atoms with E-state index in [-0.39, 0.29) is 5.41 Å². The van der Waals surface area contributed by atoms with E-state index in [1.165, 1.54) is 6.42 Å². The Bertz CT molecular complexity index is 179. The van der Waals surface area contributed by atoms with Gasteiger partial charge in [0.2, 0.25) is 0 Å². The lowest BCUT2D eigenvalue weighted by Crippen LogP contribution is -2.38. The van der Waals surface area contributed by atoms with Crippen molar-refractivity contribution in [3.8, 4) is 6.07 Å². The van der Waals surface area contributed by atoms with Crippen molar-refractivity contribution in [3.63, 3.8) is 0 Å². The topological polar surface area (TPSA) is 35.8 Å². The van der Waals surface area contributed by atoms with Crippen LogP contribution in [0.3, 0.4) is 0 Å². The Kier molecular flexibility index (Phi) is 5.02. The molecule has 0 aromatic rings. The van der Waals surface area contributed by atoms with Gasteiger partial charge >= 0.3 is 0 Å². The normalized spacial score (nSPS) is 16.3. The quantitative estimate of drug-likeness (QED) is 0.709. The number of hydrogen-bond acceptors (Lipinski definition) is 2. The maximum atomic E-state index is 8.81. The van der Waals surface area contributed by atoms with E-state index in [0.717, 1.165) is 6.54 Å². The van der Waals surface area contributed by atoms with Crippen LogP contribution in [0, 0.1) is 22.7 Å². The van der Waals surface area contributed by atoms with Crippen molar-refractivity contribution in [1.29, 1.82) is 5.26 Å². The number of nitrogens with one attached hydrogen (secondary N) is 1. The van der Waals surface area contributed by atoms with E-state index < -0.39 is 0 Å². The van der Waals surface area contributed by atoms with Crippen LogP contribution in [-0.4, -0.2) is 12.6 Å². The predicted molar refractivity (Wildman–Crippen MR) is 56.3 cm³/mol.